The molecular formula is C17H16O4S. The van der Waals surface area contributed by atoms with Gasteiger partial charge in [-0.1, -0.05) is 25.1 Å². The van der Waals surface area contributed by atoms with Crippen LogP contribution in [0.5, 0.6) is 11.5 Å². The summed E-state index contributed by atoms with van der Waals surface area (Å²) < 4.78 is 23.5. The Bertz CT molecular complexity index is 754. The highest BCUT2D eigenvalue weighted by Crippen LogP contribution is 2.41. The number of fused-ring (bicyclic) bond motifs is 2. The molecule has 0 saturated carbocycles. The number of ether oxygens (including phenoxy) is 2. The number of benzene rings is 2. The van der Waals surface area contributed by atoms with E-state index in [1.165, 1.54) is 6.92 Å². The SMILES string of the molecule is CC(=O)OCC(C)c1ccc2c(c1)S(=O)c1ccccc1O2. The molecule has 0 amide bonds. The third-order valence-electron chi connectivity index (χ3n) is 3.54. The Morgan fingerprint density at radius 1 is 1.18 bits per heavy atom. The Morgan fingerprint density at radius 3 is 2.68 bits per heavy atom. The second kappa shape index (κ2) is 5.93. The molecule has 22 heavy (non-hydrogen) atoms. The summed E-state index contributed by atoms with van der Waals surface area (Å²) in [4.78, 5) is 12.2. The lowest BCUT2D eigenvalue weighted by Crippen LogP contribution is -2.10. The van der Waals surface area contributed by atoms with Crippen molar-refractivity contribution < 1.29 is 18.5 Å². The molecule has 0 N–H and O–H groups in total. The second-order valence-corrected chi connectivity index (χ2v) is 6.64. The summed E-state index contributed by atoms with van der Waals surface area (Å²) in [5, 5.41) is 0. The van der Waals surface area contributed by atoms with E-state index in [2.05, 4.69) is 0 Å². The summed E-state index contributed by atoms with van der Waals surface area (Å²) in [6, 6.07) is 12.9. The molecule has 1 aliphatic heterocycles. The van der Waals surface area contributed by atoms with Crippen LogP contribution in [-0.4, -0.2) is 16.8 Å². The maximum atomic E-state index is 12.7. The summed E-state index contributed by atoms with van der Waals surface area (Å²) >= 11 is 0. The predicted octanol–water partition coefficient (Wildman–Crippen LogP) is 3.63. The highest BCUT2D eigenvalue weighted by molar-refractivity contribution is 7.85. The Morgan fingerprint density at radius 2 is 1.91 bits per heavy atom. The molecule has 2 aromatic rings. The van der Waals surface area contributed by atoms with Crippen molar-refractivity contribution in [2.75, 3.05) is 6.61 Å². The molecule has 0 bridgehead atoms. The zero-order valence-electron chi connectivity index (χ0n) is 12.4. The normalized spacial score (nSPS) is 16.9. The lowest BCUT2D eigenvalue weighted by atomic mass is 10.0. The summed E-state index contributed by atoms with van der Waals surface area (Å²) in [6.45, 7) is 3.66. The highest BCUT2D eigenvalue weighted by atomic mass is 32.2. The van der Waals surface area contributed by atoms with Gasteiger partial charge in [-0.3, -0.25) is 4.79 Å². The van der Waals surface area contributed by atoms with E-state index in [-0.39, 0.29) is 11.9 Å². The number of para-hydroxylation sites is 1. The fourth-order valence-electron chi connectivity index (χ4n) is 2.32. The Kier molecular flexibility index (Phi) is 3.98. The van der Waals surface area contributed by atoms with Crippen LogP contribution in [0.1, 0.15) is 25.3 Å². The van der Waals surface area contributed by atoms with E-state index in [9.17, 15) is 9.00 Å². The van der Waals surface area contributed by atoms with E-state index in [1.807, 2.05) is 49.4 Å². The number of carbonyl (C=O) groups is 1. The van der Waals surface area contributed by atoms with Gasteiger partial charge in [0.1, 0.15) is 11.5 Å². The predicted molar refractivity (Wildman–Crippen MR) is 82.7 cm³/mol. The standard InChI is InChI=1S/C17H16O4S/c1-11(10-20-12(2)18)13-7-8-15-17(9-13)22(19)16-6-4-3-5-14(16)21-15/h3-9,11H,10H2,1-2H3. The van der Waals surface area contributed by atoms with E-state index in [0.29, 0.717) is 27.9 Å². The molecule has 0 aliphatic carbocycles. The first-order valence-electron chi connectivity index (χ1n) is 7.02. The van der Waals surface area contributed by atoms with Crippen LogP contribution in [0.3, 0.4) is 0 Å². The molecule has 5 heteroatoms. The molecule has 4 nitrogen and oxygen atoms in total. The maximum Gasteiger partial charge on any atom is 0.302 e. The van der Waals surface area contributed by atoms with Gasteiger partial charge in [-0.05, 0) is 29.8 Å². The zero-order chi connectivity index (χ0) is 15.7. The molecule has 114 valence electrons. The third kappa shape index (κ3) is 2.76. The van der Waals surface area contributed by atoms with Crippen LogP contribution < -0.4 is 4.74 Å². The average molecular weight is 316 g/mol. The molecular weight excluding hydrogens is 300 g/mol. The summed E-state index contributed by atoms with van der Waals surface area (Å²) in [5.41, 5.74) is 0.969. The number of rotatable bonds is 3. The molecule has 1 aliphatic rings. The van der Waals surface area contributed by atoms with Gasteiger partial charge in [-0.15, -0.1) is 0 Å². The number of carbonyl (C=O) groups excluding carboxylic acids is 1. The van der Waals surface area contributed by atoms with Crippen LogP contribution in [0.4, 0.5) is 0 Å². The van der Waals surface area contributed by atoms with Crippen molar-refractivity contribution in [1.82, 2.24) is 0 Å². The number of hydrogen-bond acceptors (Lipinski definition) is 4. The van der Waals surface area contributed by atoms with E-state index >= 15 is 0 Å². The monoisotopic (exact) mass is 316 g/mol. The van der Waals surface area contributed by atoms with Gasteiger partial charge in [-0.2, -0.15) is 0 Å². The van der Waals surface area contributed by atoms with E-state index < -0.39 is 10.8 Å². The Balaban J connectivity index is 1.91. The molecule has 0 radical (unpaired) electrons. The van der Waals surface area contributed by atoms with Crippen molar-refractivity contribution in [1.29, 1.82) is 0 Å². The highest BCUT2D eigenvalue weighted by Gasteiger charge is 2.24. The molecule has 0 saturated heterocycles. The fraction of sp³-hybridized carbons (Fsp3) is 0.235. The van der Waals surface area contributed by atoms with Crippen LogP contribution in [0.2, 0.25) is 0 Å². The molecule has 1 heterocycles. The minimum atomic E-state index is -1.26. The van der Waals surface area contributed by atoms with Gasteiger partial charge < -0.3 is 9.47 Å². The van der Waals surface area contributed by atoms with E-state index in [0.717, 1.165) is 5.56 Å². The Hall–Kier alpha value is -2.14. The van der Waals surface area contributed by atoms with Crippen LogP contribution in [-0.2, 0) is 20.3 Å². The van der Waals surface area contributed by atoms with Gasteiger partial charge in [0.25, 0.3) is 0 Å². The fourth-order valence-corrected chi connectivity index (χ4v) is 3.59. The van der Waals surface area contributed by atoms with E-state index in [4.69, 9.17) is 9.47 Å². The Labute approximate surface area is 131 Å². The van der Waals surface area contributed by atoms with Gasteiger partial charge >= 0.3 is 5.97 Å². The third-order valence-corrected chi connectivity index (χ3v) is 5.00. The first kappa shape index (κ1) is 14.8. The van der Waals surface area contributed by atoms with Crippen molar-refractivity contribution in [3.63, 3.8) is 0 Å². The molecule has 0 aromatic heterocycles. The first-order chi connectivity index (χ1) is 10.6. The van der Waals surface area contributed by atoms with Crippen molar-refractivity contribution in [3.05, 3.63) is 48.0 Å². The molecule has 2 aromatic carbocycles. The van der Waals surface area contributed by atoms with Crippen molar-refractivity contribution in [2.45, 2.75) is 29.6 Å². The van der Waals surface area contributed by atoms with Gasteiger partial charge in [0, 0.05) is 12.8 Å². The van der Waals surface area contributed by atoms with E-state index in [1.54, 1.807) is 0 Å². The van der Waals surface area contributed by atoms with Crippen LogP contribution >= 0.6 is 0 Å². The van der Waals surface area contributed by atoms with Gasteiger partial charge in [0.2, 0.25) is 0 Å². The minimum Gasteiger partial charge on any atom is -0.465 e. The lowest BCUT2D eigenvalue weighted by Gasteiger charge is -2.21. The number of hydrogen-bond donors (Lipinski definition) is 0. The summed E-state index contributed by atoms with van der Waals surface area (Å²) in [5.74, 6) is 0.975. The molecule has 3 rings (SSSR count). The molecule has 2 atom stereocenters. The lowest BCUT2D eigenvalue weighted by molar-refractivity contribution is -0.141. The zero-order valence-corrected chi connectivity index (χ0v) is 13.2. The van der Waals surface area contributed by atoms with Crippen LogP contribution in [0.15, 0.2) is 52.3 Å². The smallest absolute Gasteiger partial charge is 0.302 e. The maximum absolute atomic E-state index is 12.7. The van der Waals surface area contributed by atoms with Crippen molar-refractivity contribution >= 4 is 16.8 Å². The topological polar surface area (TPSA) is 52.6 Å². The minimum absolute atomic E-state index is 0.0309. The van der Waals surface area contributed by atoms with Crippen molar-refractivity contribution in [3.8, 4) is 11.5 Å². The van der Waals surface area contributed by atoms with Gasteiger partial charge in [0.05, 0.1) is 27.2 Å². The summed E-state index contributed by atoms with van der Waals surface area (Å²) in [7, 11) is -1.26. The number of esters is 1. The molecule has 0 spiro atoms. The second-order valence-electron chi connectivity index (χ2n) is 5.23. The molecule has 2 unspecified atom stereocenters. The first-order valence-corrected chi connectivity index (χ1v) is 8.17. The van der Waals surface area contributed by atoms with Gasteiger partial charge in [0.15, 0.2) is 0 Å². The van der Waals surface area contributed by atoms with Crippen LogP contribution in [0, 0.1) is 0 Å². The average Bonchev–Trinajstić information content (AvgIpc) is 2.52. The van der Waals surface area contributed by atoms with Crippen molar-refractivity contribution in [2.24, 2.45) is 0 Å². The van der Waals surface area contributed by atoms with Gasteiger partial charge in [-0.25, -0.2) is 4.21 Å². The van der Waals surface area contributed by atoms with Crippen LogP contribution in [0.25, 0.3) is 0 Å². The summed E-state index contributed by atoms with van der Waals surface area (Å²) in [6.07, 6.45) is 0. The quantitative estimate of drug-likeness (QED) is 0.692. The largest absolute Gasteiger partial charge is 0.465 e. The molecule has 0 fully saturated rings.